The first-order chi connectivity index (χ1) is 8.96. The molecule has 1 heterocycles. The Labute approximate surface area is 112 Å². The number of rotatable bonds is 7. The maximum Gasteiger partial charge on any atom is 0.332 e. The molecule has 3 N–H and O–H groups in total. The summed E-state index contributed by atoms with van der Waals surface area (Å²) in [4.78, 5) is 22.8. The number of amides is 2. The lowest BCUT2D eigenvalue weighted by molar-refractivity contribution is -0.144. The van der Waals surface area contributed by atoms with Gasteiger partial charge >= 0.3 is 12.0 Å². The summed E-state index contributed by atoms with van der Waals surface area (Å²) in [5, 5.41) is 14.2. The van der Waals surface area contributed by atoms with Crippen LogP contribution in [0.3, 0.4) is 0 Å². The van der Waals surface area contributed by atoms with Gasteiger partial charge in [0, 0.05) is 26.2 Å². The summed E-state index contributed by atoms with van der Waals surface area (Å²) in [6.45, 7) is 5.80. The average Bonchev–Trinajstić information content (AvgIpc) is 2.78. The number of ether oxygens (including phenoxy) is 2. The number of carbonyl (C=O) groups excluding carboxylic acids is 1. The number of urea groups is 1. The molecule has 7 nitrogen and oxygen atoms in total. The molecular weight excluding hydrogens is 252 g/mol. The molecule has 0 aromatic heterocycles. The van der Waals surface area contributed by atoms with Crippen molar-refractivity contribution in [2.45, 2.75) is 25.8 Å². The summed E-state index contributed by atoms with van der Waals surface area (Å²) in [5.41, 5.74) is -1.30. The second kappa shape index (κ2) is 7.30. The first kappa shape index (κ1) is 15.7. The fraction of sp³-hybridized carbons (Fsp3) is 0.833. The summed E-state index contributed by atoms with van der Waals surface area (Å²) >= 11 is 0. The Bertz CT molecular complexity index is 313. The molecule has 19 heavy (non-hydrogen) atoms. The van der Waals surface area contributed by atoms with Crippen LogP contribution >= 0.6 is 0 Å². The van der Waals surface area contributed by atoms with Crippen molar-refractivity contribution in [3.8, 4) is 0 Å². The number of hydrogen-bond acceptors (Lipinski definition) is 4. The quantitative estimate of drug-likeness (QED) is 0.576. The van der Waals surface area contributed by atoms with Crippen LogP contribution in [-0.2, 0) is 14.3 Å². The van der Waals surface area contributed by atoms with Crippen LogP contribution in [0.1, 0.15) is 20.3 Å². The molecule has 1 aliphatic rings. The van der Waals surface area contributed by atoms with Gasteiger partial charge in [0.15, 0.2) is 5.54 Å². The number of carboxylic acids is 1. The van der Waals surface area contributed by atoms with Gasteiger partial charge in [-0.3, -0.25) is 0 Å². The van der Waals surface area contributed by atoms with E-state index in [0.717, 1.165) is 0 Å². The van der Waals surface area contributed by atoms with Crippen molar-refractivity contribution in [1.82, 2.24) is 10.6 Å². The van der Waals surface area contributed by atoms with Gasteiger partial charge in [-0.1, -0.05) is 13.8 Å². The zero-order valence-electron chi connectivity index (χ0n) is 11.4. The molecule has 0 saturated carbocycles. The lowest BCUT2D eigenvalue weighted by atomic mass is 9.99. The molecule has 0 aliphatic carbocycles. The lowest BCUT2D eigenvalue weighted by Crippen LogP contribution is -2.58. The van der Waals surface area contributed by atoms with Crippen molar-refractivity contribution < 1.29 is 24.2 Å². The van der Waals surface area contributed by atoms with E-state index in [1.807, 2.05) is 13.8 Å². The average molecular weight is 274 g/mol. The Hall–Kier alpha value is -1.34. The van der Waals surface area contributed by atoms with E-state index in [1.54, 1.807) is 0 Å². The molecule has 110 valence electrons. The molecule has 0 aromatic carbocycles. The van der Waals surface area contributed by atoms with E-state index in [1.165, 1.54) is 0 Å². The molecule has 2 amide bonds. The van der Waals surface area contributed by atoms with Gasteiger partial charge in [0.05, 0.1) is 13.2 Å². The van der Waals surface area contributed by atoms with E-state index in [9.17, 15) is 9.59 Å². The summed E-state index contributed by atoms with van der Waals surface area (Å²) in [7, 11) is 0. The van der Waals surface area contributed by atoms with Gasteiger partial charge in [-0.25, -0.2) is 9.59 Å². The van der Waals surface area contributed by atoms with Gasteiger partial charge in [0.2, 0.25) is 0 Å². The zero-order chi connectivity index (χ0) is 14.3. The Morgan fingerprint density at radius 3 is 2.74 bits per heavy atom. The van der Waals surface area contributed by atoms with Gasteiger partial charge in [-0.2, -0.15) is 0 Å². The summed E-state index contributed by atoms with van der Waals surface area (Å²) in [6, 6.07) is -0.513. The van der Waals surface area contributed by atoms with Crippen molar-refractivity contribution in [2.75, 3.05) is 33.0 Å². The zero-order valence-corrected chi connectivity index (χ0v) is 11.4. The van der Waals surface area contributed by atoms with Crippen LogP contribution in [0.2, 0.25) is 0 Å². The Kier molecular flexibility index (Phi) is 6.04. The molecule has 1 aliphatic heterocycles. The van der Waals surface area contributed by atoms with Crippen LogP contribution in [0.15, 0.2) is 0 Å². The van der Waals surface area contributed by atoms with Gasteiger partial charge in [-0.05, 0) is 5.92 Å². The van der Waals surface area contributed by atoms with Crippen LogP contribution in [-0.4, -0.2) is 55.6 Å². The van der Waals surface area contributed by atoms with Crippen molar-refractivity contribution in [3.05, 3.63) is 0 Å². The highest BCUT2D eigenvalue weighted by Gasteiger charge is 2.43. The smallest absolute Gasteiger partial charge is 0.332 e. The molecule has 1 unspecified atom stereocenters. The van der Waals surface area contributed by atoms with E-state index in [0.29, 0.717) is 32.3 Å². The fourth-order valence-electron chi connectivity index (χ4n) is 1.70. The fourth-order valence-corrected chi connectivity index (χ4v) is 1.70. The van der Waals surface area contributed by atoms with Crippen LogP contribution < -0.4 is 10.6 Å². The van der Waals surface area contributed by atoms with E-state index in [2.05, 4.69) is 10.6 Å². The highest BCUT2D eigenvalue weighted by molar-refractivity contribution is 5.86. The third kappa shape index (κ3) is 5.04. The SMILES string of the molecule is CC(C)COCCNC(=O)NC1(C(=O)O)CCOC1. The monoisotopic (exact) mass is 274 g/mol. The van der Waals surface area contributed by atoms with Crippen LogP contribution in [0.25, 0.3) is 0 Å². The van der Waals surface area contributed by atoms with E-state index < -0.39 is 17.5 Å². The highest BCUT2D eigenvalue weighted by Crippen LogP contribution is 2.18. The van der Waals surface area contributed by atoms with Crippen molar-refractivity contribution >= 4 is 12.0 Å². The number of carboxylic acid groups (broad SMARTS) is 1. The van der Waals surface area contributed by atoms with E-state index in [-0.39, 0.29) is 13.0 Å². The minimum atomic E-state index is -1.30. The number of aliphatic carboxylic acids is 1. The maximum absolute atomic E-state index is 11.6. The van der Waals surface area contributed by atoms with Crippen molar-refractivity contribution in [1.29, 1.82) is 0 Å². The molecule has 1 saturated heterocycles. The third-order valence-electron chi connectivity index (χ3n) is 2.77. The maximum atomic E-state index is 11.6. The molecule has 0 aromatic rings. The topological polar surface area (TPSA) is 96.9 Å². The van der Waals surface area contributed by atoms with Gasteiger partial charge in [-0.15, -0.1) is 0 Å². The standard InChI is InChI=1S/C12H22N2O5/c1-9(2)7-18-6-4-13-11(17)14-12(10(15)16)3-5-19-8-12/h9H,3-8H2,1-2H3,(H,15,16)(H2,13,14,17). The molecule has 1 atom stereocenters. The Morgan fingerprint density at radius 2 is 2.21 bits per heavy atom. The summed E-state index contributed by atoms with van der Waals surface area (Å²) in [6.07, 6.45) is 0.277. The minimum Gasteiger partial charge on any atom is -0.479 e. The summed E-state index contributed by atoms with van der Waals surface area (Å²) < 4.78 is 10.3. The first-order valence-electron chi connectivity index (χ1n) is 6.41. The molecular formula is C12H22N2O5. The van der Waals surface area contributed by atoms with Crippen molar-refractivity contribution in [3.63, 3.8) is 0 Å². The predicted octanol–water partition coefficient (Wildman–Crippen LogP) is 0.202. The predicted molar refractivity (Wildman–Crippen MR) is 68.0 cm³/mol. The number of hydrogen-bond donors (Lipinski definition) is 3. The molecule has 0 spiro atoms. The molecule has 1 rings (SSSR count). The third-order valence-corrected chi connectivity index (χ3v) is 2.77. The Balaban J connectivity index is 2.24. The molecule has 7 heteroatoms. The molecule has 0 bridgehead atoms. The van der Waals surface area contributed by atoms with Gasteiger partial charge < -0.3 is 25.2 Å². The van der Waals surface area contributed by atoms with Crippen LogP contribution in [0.4, 0.5) is 4.79 Å². The van der Waals surface area contributed by atoms with Crippen LogP contribution in [0.5, 0.6) is 0 Å². The van der Waals surface area contributed by atoms with Crippen LogP contribution in [0, 0.1) is 5.92 Å². The lowest BCUT2D eigenvalue weighted by Gasteiger charge is -2.23. The largest absolute Gasteiger partial charge is 0.479 e. The minimum absolute atomic E-state index is 0.000394. The van der Waals surface area contributed by atoms with Crippen molar-refractivity contribution in [2.24, 2.45) is 5.92 Å². The first-order valence-corrected chi connectivity index (χ1v) is 6.41. The second-order valence-corrected chi connectivity index (χ2v) is 5.04. The normalized spacial score (nSPS) is 22.5. The highest BCUT2D eigenvalue weighted by atomic mass is 16.5. The van der Waals surface area contributed by atoms with E-state index in [4.69, 9.17) is 14.6 Å². The molecule has 0 radical (unpaired) electrons. The van der Waals surface area contributed by atoms with Gasteiger partial charge in [0.25, 0.3) is 0 Å². The Morgan fingerprint density at radius 1 is 1.47 bits per heavy atom. The second-order valence-electron chi connectivity index (χ2n) is 5.04. The summed E-state index contributed by atoms with van der Waals surface area (Å²) in [5.74, 6) is -0.629. The van der Waals surface area contributed by atoms with E-state index >= 15 is 0 Å². The number of nitrogens with one attached hydrogen (secondary N) is 2. The number of carbonyl (C=O) groups is 2. The van der Waals surface area contributed by atoms with Gasteiger partial charge in [0.1, 0.15) is 0 Å². The molecule has 1 fully saturated rings.